The van der Waals surface area contributed by atoms with Crippen LogP contribution in [-0.4, -0.2) is 41.6 Å². The van der Waals surface area contributed by atoms with Gasteiger partial charge in [0.25, 0.3) is 0 Å². The first-order chi connectivity index (χ1) is 10.9. The Hall–Kier alpha value is -0.640. The molecule has 0 aliphatic heterocycles. The van der Waals surface area contributed by atoms with Crippen molar-refractivity contribution in [2.45, 2.75) is 92.0 Å². The van der Waals surface area contributed by atoms with Crippen LogP contribution in [0.2, 0.25) is 0 Å². The zero-order valence-electron chi connectivity index (χ0n) is 16.5. The predicted octanol–water partition coefficient (Wildman–Crippen LogP) is 5.49. The minimum Gasteiger partial charge on any atom is -0.324 e. The molecule has 23 heavy (non-hydrogen) atoms. The Balaban J connectivity index is 0. The summed E-state index contributed by atoms with van der Waals surface area (Å²) in [6.45, 7) is 19.6. The third kappa shape index (κ3) is 14.7. The normalized spacial score (nSPS) is 12.4. The maximum atomic E-state index is 9.44. The Bertz CT molecular complexity index is 231. The van der Waals surface area contributed by atoms with Gasteiger partial charge in [0, 0.05) is 0 Å². The average molecular weight is 331 g/mol. The molecule has 0 aromatic carbocycles. The second kappa shape index (κ2) is 16.2. The number of unbranched alkanes of at least 4 members (excludes halogenated alkanes) is 4. The highest BCUT2D eigenvalue weighted by Crippen LogP contribution is 2.16. The van der Waals surface area contributed by atoms with Crippen LogP contribution in [0.15, 0.2) is 0 Å². The molecule has 0 aromatic rings. The Labute approximate surface area is 145 Å². The molecule has 0 aliphatic rings. The lowest BCUT2D eigenvalue weighted by Crippen LogP contribution is -2.50. The molecule has 1 atom stereocenters. The lowest BCUT2D eigenvalue weighted by atomic mass is 10.1. The van der Waals surface area contributed by atoms with Crippen LogP contribution in [0.4, 0.5) is 0 Å². The summed E-state index contributed by atoms with van der Waals surface area (Å²) in [5.41, 5.74) is 0. The van der Waals surface area contributed by atoms with Crippen molar-refractivity contribution in [3.63, 3.8) is 0 Å². The van der Waals surface area contributed by atoms with Crippen LogP contribution in [0.5, 0.6) is 0 Å². The van der Waals surface area contributed by atoms with Gasteiger partial charge in [0.15, 0.2) is 0 Å². The number of nitro groups is 1. The van der Waals surface area contributed by atoms with Crippen LogP contribution in [0.3, 0.4) is 0 Å². The molecule has 0 fully saturated rings. The van der Waals surface area contributed by atoms with Crippen LogP contribution < -0.4 is 0 Å². The van der Waals surface area contributed by atoms with Crippen molar-refractivity contribution in [3.8, 4) is 0 Å². The molecule has 0 saturated heterocycles. The number of hydrogen-bond acceptors (Lipinski definition) is 2. The molecular weight excluding hydrogens is 288 g/mol. The Kier molecular flexibility index (Phi) is 17.4. The highest BCUT2D eigenvalue weighted by atomic mass is 16.6. The van der Waals surface area contributed by atoms with E-state index in [0.29, 0.717) is 0 Å². The van der Waals surface area contributed by atoms with Crippen LogP contribution in [0, 0.1) is 17.0 Å². The summed E-state index contributed by atoms with van der Waals surface area (Å²) in [7, 11) is 0. The highest BCUT2D eigenvalue weighted by Gasteiger charge is 2.24. The van der Waals surface area contributed by atoms with Crippen molar-refractivity contribution in [1.29, 1.82) is 0 Å². The van der Waals surface area contributed by atoms with Gasteiger partial charge in [-0.1, -0.05) is 53.4 Å². The molecule has 0 amide bonds. The lowest BCUT2D eigenvalue weighted by molar-refractivity contribution is -0.929. The molecule has 0 saturated carbocycles. The minimum atomic E-state index is -0.676. The van der Waals surface area contributed by atoms with Gasteiger partial charge in [-0.2, -0.15) is 0 Å². The van der Waals surface area contributed by atoms with Gasteiger partial charge in [-0.3, -0.25) is 17.0 Å². The summed E-state index contributed by atoms with van der Waals surface area (Å²) in [6.07, 6.45) is 11.1. The Morgan fingerprint density at radius 1 is 0.826 bits per heavy atom. The maximum Gasteiger partial charge on any atom is 0.0943 e. The van der Waals surface area contributed by atoms with Crippen LogP contribution in [0.25, 0.3) is 0 Å². The fourth-order valence-electron chi connectivity index (χ4n) is 2.64. The van der Waals surface area contributed by atoms with Gasteiger partial charge < -0.3 is 4.48 Å². The van der Waals surface area contributed by atoms with Gasteiger partial charge in [0.1, 0.15) is 0 Å². The molecule has 4 nitrogen and oxygen atoms in total. The van der Waals surface area contributed by atoms with E-state index in [1.807, 2.05) is 0 Å². The lowest BCUT2D eigenvalue weighted by Gasteiger charge is -2.39. The number of nitrogens with zero attached hydrogens (tertiary/aromatic N) is 2. The van der Waals surface area contributed by atoms with E-state index in [1.165, 1.54) is 89.0 Å². The first kappa shape index (κ1) is 24.6. The molecule has 0 bridgehead atoms. The van der Waals surface area contributed by atoms with Crippen molar-refractivity contribution < 1.29 is 9.41 Å². The molecular formula is C19H42N2O2. The molecule has 0 aliphatic carbocycles. The SMILES string of the molecule is CCCC[N+](CCCC)(CCCC)CCCC.[CH2-]C(C)[N+](=O)[O-]. The zero-order valence-corrected chi connectivity index (χ0v) is 16.5. The summed E-state index contributed by atoms with van der Waals surface area (Å²) in [4.78, 5) is 9.00. The smallest absolute Gasteiger partial charge is 0.0943 e. The van der Waals surface area contributed by atoms with Crippen molar-refractivity contribution in [2.75, 3.05) is 26.2 Å². The molecule has 140 valence electrons. The quantitative estimate of drug-likeness (QED) is 0.194. The van der Waals surface area contributed by atoms with E-state index in [0.717, 1.165) is 0 Å². The summed E-state index contributed by atoms with van der Waals surface area (Å²) in [6, 6.07) is -0.676. The van der Waals surface area contributed by atoms with Crippen molar-refractivity contribution in [2.24, 2.45) is 0 Å². The molecule has 0 heterocycles. The summed E-state index contributed by atoms with van der Waals surface area (Å²) < 4.78 is 1.42. The number of hydrogen-bond donors (Lipinski definition) is 0. The topological polar surface area (TPSA) is 43.1 Å². The van der Waals surface area contributed by atoms with Gasteiger partial charge in [0.05, 0.1) is 32.2 Å². The van der Waals surface area contributed by atoms with E-state index in [4.69, 9.17) is 0 Å². The van der Waals surface area contributed by atoms with Gasteiger partial charge >= 0.3 is 0 Å². The highest BCUT2D eigenvalue weighted by molar-refractivity contribution is 4.49. The van der Waals surface area contributed by atoms with E-state index >= 15 is 0 Å². The van der Waals surface area contributed by atoms with Crippen molar-refractivity contribution in [1.82, 2.24) is 0 Å². The predicted molar refractivity (Wildman–Crippen MR) is 101 cm³/mol. The van der Waals surface area contributed by atoms with E-state index in [2.05, 4.69) is 34.6 Å². The Morgan fingerprint density at radius 2 is 1.04 bits per heavy atom. The summed E-state index contributed by atoms with van der Waals surface area (Å²) in [5, 5.41) is 9.44. The molecule has 1 unspecified atom stereocenters. The molecule has 4 heteroatoms. The first-order valence-electron chi connectivity index (χ1n) is 9.70. The van der Waals surface area contributed by atoms with Gasteiger partial charge in [0.2, 0.25) is 0 Å². The van der Waals surface area contributed by atoms with Crippen LogP contribution in [0.1, 0.15) is 86.0 Å². The van der Waals surface area contributed by atoms with E-state index in [1.54, 1.807) is 0 Å². The first-order valence-corrected chi connectivity index (χ1v) is 9.70. The van der Waals surface area contributed by atoms with Crippen molar-refractivity contribution in [3.05, 3.63) is 17.0 Å². The number of quaternary nitrogens is 1. The monoisotopic (exact) mass is 330 g/mol. The van der Waals surface area contributed by atoms with E-state index < -0.39 is 11.0 Å². The summed E-state index contributed by atoms with van der Waals surface area (Å²) in [5.74, 6) is 0. The third-order valence-corrected chi connectivity index (χ3v) is 4.30. The summed E-state index contributed by atoms with van der Waals surface area (Å²) >= 11 is 0. The molecule has 0 aromatic heterocycles. The van der Waals surface area contributed by atoms with Gasteiger partial charge in [-0.25, -0.2) is 0 Å². The molecule has 0 N–H and O–H groups in total. The van der Waals surface area contributed by atoms with Crippen LogP contribution in [-0.2, 0) is 0 Å². The minimum absolute atomic E-state index is 0.444. The molecule has 0 radical (unpaired) electrons. The Morgan fingerprint density at radius 3 is 1.17 bits per heavy atom. The standard InChI is InChI=1S/C16H36N.C3H6NO2/c1-5-9-13-17(14-10-6-2,15-11-7-3)16-12-8-4;1-3(2)4(5)6/h5-16H2,1-4H3;3H,1H2,2H3/q+1;-1. The maximum absolute atomic E-state index is 9.44. The zero-order chi connectivity index (χ0) is 18.1. The fourth-order valence-corrected chi connectivity index (χ4v) is 2.64. The average Bonchev–Trinajstić information content (AvgIpc) is 2.54. The van der Waals surface area contributed by atoms with E-state index in [9.17, 15) is 10.1 Å². The van der Waals surface area contributed by atoms with Gasteiger partial charge in [-0.15, -0.1) is 0 Å². The third-order valence-electron chi connectivity index (χ3n) is 4.30. The second-order valence-electron chi connectivity index (χ2n) is 6.78. The molecule has 0 spiro atoms. The van der Waals surface area contributed by atoms with E-state index in [-0.39, 0.29) is 0 Å². The van der Waals surface area contributed by atoms with Crippen LogP contribution >= 0.6 is 0 Å². The van der Waals surface area contributed by atoms with Gasteiger partial charge in [-0.05, 0) is 37.5 Å². The fraction of sp³-hybridized carbons (Fsp3) is 0.947. The molecule has 0 rings (SSSR count). The largest absolute Gasteiger partial charge is 0.324 e. The number of rotatable bonds is 13. The second-order valence-corrected chi connectivity index (χ2v) is 6.78. The van der Waals surface area contributed by atoms with Crippen molar-refractivity contribution >= 4 is 0 Å².